The fourth-order valence-electron chi connectivity index (χ4n) is 3.39. The second-order valence-corrected chi connectivity index (χ2v) is 9.46. The van der Waals surface area contributed by atoms with E-state index in [2.05, 4.69) is 0 Å². The molecule has 0 atom stereocenters. The molecular weight excluding hydrogens is 366 g/mol. The van der Waals surface area contributed by atoms with Crippen molar-refractivity contribution in [3.05, 3.63) is 64.2 Å². The molecule has 3 aromatic rings. The molecule has 0 radical (unpaired) electrons. The lowest BCUT2D eigenvalue weighted by atomic mass is 9.79. The van der Waals surface area contributed by atoms with Crippen LogP contribution in [0.2, 0.25) is 0 Å². The zero-order chi connectivity index (χ0) is 21.7. The van der Waals surface area contributed by atoms with Gasteiger partial charge in [-0.3, -0.25) is 4.57 Å². The summed E-state index contributed by atoms with van der Waals surface area (Å²) in [6, 6.07) is 10.3. The Kier molecular flexibility index (Phi) is 4.77. The summed E-state index contributed by atoms with van der Waals surface area (Å²) in [6.45, 7) is 12.1. The van der Waals surface area contributed by atoms with E-state index in [4.69, 9.17) is 5.73 Å². The SMILES string of the molecule is CC(C)(C)c1cc(-n2cc(O)n(-c3ccc(N)cc3)c2=O)cc(C(C)(C)C)c1O. The number of aromatic nitrogens is 2. The molecule has 0 amide bonds. The van der Waals surface area contributed by atoms with Crippen LogP contribution in [0.5, 0.6) is 11.6 Å². The van der Waals surface area contributed by atoms with Crippen LogP contribution in [-0.4, -0.2) is 19.3 Å². The molecule has 1 aromatic heterocycles. The number of phenolic OH excluding ortho intramolecular Hbond substituents is 1. The van der Waals surface area contributed by atoms with Gasteiger partial charge in [-0.25, -0.2) is 9.36 Å². The van der Waals surface area contributed by atoms with Crippen molar-refractivity contribution in [2.24, 2.45) is 0 Å². The average Bonchev–Trinajstić information content (AvgIpc) is 2.88. The van der Waals surface area contributed by atoms with Crippen molar-refractivity contribution >= 4 is 5.69 Å². The van der Waals surface area contributed by atoms with Gasteiger partial charge in [0.25, 0.3) is 0 Å². The molecule has 0 aliphatic carbocycles. The number of imidazole rings is 1. The van der Waals surface area contributed by atoms with Crippen molar-refractivity contribution in [3.8, 4) is 23.0 Å². The maximum atomic E-state index is 13.2. The third-order valence-electron chi connectivity index (χ3n) is 5.01. The number of hydrogen-bond donors (Lipinski definition) is 3. The summed E-state index contributed by atoms with van der Waals surface area (Å²) in [7, 11) is 0. The highest BCUT2D eigenvalue weighted by Gasteiger charge is 2.27. The molecule has 0 unspecified atom stereocenters. The van der Waals surface area contributed by atoms with E-state index >= 15 is 0 Å². The van der Waals surface area contributed by atoms with Crippen LogP contribution >= 0.6 is 0 Å². The van der Waals surface area contributed by atoms with Crippen molar-refractivity contribution in [3.63, 3.8) is 0 Å². The third kappa shape index (κ3) is 3.75. The lowest BCUT2D eigenvalue weighted by molar-refractivity contribution is 0.423. The molecule has 4 N–H and O–H groups in total. The van der Waals surface area contributed by atoms with Gasteiger partial charge in [-0.05, 0) is 47.2 Å². The highest BCUT2D eigenvalue weighted by molar-refractivity contribution is 5.55. The van der Waals surface area contributed by atoms with E-state index < -0.39 is 5.69 Å². The molecule has 1 heterocycles. The standard InChI is InChI=1S/C23H29N3O3/c1-22(2,3)17-11-16(12-18(20(17)28)23(4,5)6)25-13-19(27)26(21(25)29)15-9-7-14(24)8-10-15/h7-13,27-28H,24H2,1-6H3. The summed E-state index contributed by atoms with van der Waals surface area (Å²) in [5.74, 6) is 0.0615. The minimum atomic E-state index is -0.405. The summed E-state index contributed by atoms with van der Waals surface area (Å²) in [4.78, 5) is 13.2. The number of nitrogens with two attached hydrogens (primary N) is 1. The van der Waals surface area contributed by atoms with Gasteiger partial charge in [-0.2, -0.15) is 0 Å². The van der Waals surface area contributed by atoms with Crippen LogP contribution in [0.3, 0.4) is 0 Å². The predicted octanol–water partition coefficient (Wildman–Crippen LogP) is 4.22. The predicted molar refractivity (Wildman–Crippen MR) is 117 cm³/mol. The van der Waals surface area contributed by atoms with Crippen molar-refractivity contribution in [2.75, 3.05) is 5.73 Å². The normalized spacial score (nSPS) is 12.3. The van der Waals surface area contributed by atoms with Gasteiger partial charge in [0.05, 0.1) is 17.6 Å². The summed E-state index contributed by atoms with van der Waals surface area (Å²) >= 11 is 0. The first-order chi connectivity index (χ1) is 13.3. The number of phenols is 1. The van der Waals surface area contributed by atoms with Crippen LogP contribution in [0.25, 0.3) is 11.4 Å². The summed E-state index contributed by atoms with van der Waals surface area (Å²) in [5.41, 5.74) is 7.83. The summed E-state index contributed by atoms with van der Waals surface area (Å²) < 4.78 is 2.62. The minimum Gasteiger partial charge on any atom is -0.507 e. The smallest absolute Gasteiger partial charge is 0.340 e. The zero-order valence-corrected chi connectivity index (χ0v) is 17.8. The zero-order valence-electron chi connectivity index (χ0n) is 17.8. The number of anilines is 1. The Hall–Kier alpha value is -3.15. The molecule has 3 rings (SSSR count). The molecule has 0 spiro atoms. The Labute approximate surface area is 170 Å². The Bertz CT molecular complexity index is 1070. The van der Waals surface area contributed by atoms with Crippen molar-refractivity contribution in [2.45, 2.75) is 52.4 Å². The molecule has 6 nitrogen and oxygen atoms in total. The highest BCUT2D eigenvalue weighted by atomic mass is 16.3. The van der Waals surface area contributed by atoms with Crippen molar-refractivity contribution in [1.82, 2.24) is 9.13 Å². The van der Waals surface area contributed by atoms with E-state index in [1.165, 1.54) is 15.3 Å². The number of benzene rings is 2. The van der Waals surface area contributed by atoms with Crippen LogP contribution < -0.4 is 11.4 Å². The van der Waals surface area contributed by atoms with E-state index in [9.17, 15) is 15.0 Å². The third-order valence-corrected chi connectivity index (χ3v) is 5.01. The fraction of sp³-hybridized carbons (Fsp3) is 0.348. The lowest BCUT2D eigenvalue weighted by Gasteiger charge is -2.28. The number of nitrogens with zero attached hydrogens (tertiary/aromatic N) is 2. The molecular formula is C23H29N3O3. The van der Waals surface area contributed by atoms with Crippen LogP contribution in [0.1, 0.15) is 52.7 Å². The van der Waals surface area contributed by atoms with E-state index in [-0.39, 0.29) is 22.5 Å². The quantitative estimate of drug-likeness (QED) is 0.567. The molecule has 6 heteroatoms. The van der Waals surface area contributed by atoms with Gasteiger partial charge < -0.3 is 15.9 Å². The summed E-state index contributed by atoms with van der Waals surface area (Å²) in [6.07, 6.45) is 1.39. The first-order valence-electron chi connectivity index (χ1n) is 9.58. The molecule has 0 saturated carbocycles. The topological polar surface area (TPSA) is 93.4 Å². The number of rotatable bonds is 2. The first kappa shape index (κ1) is 20.6. The summed E-state index contributed by atoms with van der Waals surface area (Å²) in [5, 5.41) is 21.4. The van der Waals surface area contributed by atoms with E-state index in [0.29, 0.717) is 17.1 Å². The van der Waals surface area contributed by atoms with E-state index in [0.717, 1.165) is 11.1 Å². The van der Waals surface area contributed by atoms with Gasteiger partial charge in [0.1, 0.15) is 5.75 Å². The van der Waals surface area contributed by atoms with Crippen LogP contribution in [0.4, 0.5) is 5.69 Å². The van der Waals surface area contributed by atoms with Gasteiger partial charge in [-0.15, -0.1) is 0 Å². The molecule has 0 saturated heterocycles. The monoisotopic (exact) mass is 395 g/mol. The van der Waals surface area contributed by atoms with Crippen LogP contribution in [0.15, 0.2) is 47.4 Å². The second-order valence-electron chi connectivity index (χ2n) is 9.46. The number of hydrogen-bond acceptors (Lipinski definition) is 4. The molecule has 2 aromatic carbocycles. The van der Waals surface area contributed by atoms with E-state index in [1.807, 2.05) is 41.5 Å². The van der Waals surface area contributed by atoms with Gasteiger partial charge >= 0.3 is 5.69 Å². The molecule has 0 aliphatic rings. The van der Waals surface area contributed by atoms with E-state index in [1.54, 1.807) is 36.4 Å². The number of nitrogen functional groups attached to an aromatic ring is 1. The molecule has 29 heavy (non-hydrogen) atoms. The Morgan fingerprint density at radius 2 is 1.31 bits per heavy atom. The van der Waals surface area contributed by atoms with Gasteiger partial charge in [0.2, 0.25) is 5.88 Å². The second kappa shape index (κ2) is 6.72. The number of aromatic hydroxyl groups is 2. The maximum Gasteiger partial charge on any atom is 0.340 e. The van der Waals surface area contributed by atoms with Gasteiger partial charge in [0, 0.05) is 16.8 Å². The van der Waals surface area contributed by atoms with Gasteiger partial charge in [0.15, 0.2) is 0 Å². The van der Waals surface area contributed by atoms with Crippen molar-refractivity contribution < 1.29 is 10.2 Å². The first-order valence-corrected chi connectivity index (χ1v) is 9.58. The minimum absolute atomic E-state index is 0.178. The largest absolute Gasteiger partial charge is 0.507 e. The van der Waals surface area contributed by atoms with Crippen molar-refractivity contribution in [1.29, 1.82) is 0 Å². The highest BCUT2D eigenvalue weighted by Crippen LogP contribution is 2.40. The Balaban J connectivity index is 2.28. The molecule has 0 fully saturated rings. The lowest BCUT2D eigenvalue weighted by Crippen LogP contribution is -2.24. The molecule has 0 bridgehead atoms. The van der Waals surface area contributed by atoms with Crippen LogP contribution in [0, 0.1) is 0 Å². The fourth-order valence-corrected chi connectivity index (χ4v) is 3.39. The molecule has 154 valence electrons. The Morgan fingerprint density at radius 3 is 1.76 bits per heavy atom. The maximum absolute atomic E-state index is 13.2. The average molecular weight is 396 g/mol. The molecule has 0 aliphatic heterocycles. The Morgan fingerprint density at radius 1 is 0.828 bits per heavy atom. The van der Waals surface area contributed by atoms with Gasteiger partial charge in [-0.1, -0.05) is 41.5 Å². The van der Waals surface area contributed by atoms with Crippen LogP contribution in [-0.2, 0) is 10.8 Å².